The molecule has 1 amide bonds. The Balaban J connectivity index is 2.10. The number of aromatic nitrogens is 2. The molecule has 0 spiro atoms. The van der Waals surface area contributed by atoms with Crippen LogP contribution in [0.15, 0.2) is 18.3 Å². The molecule has 0 aliphatic carbocycles. The molecule has 0 fully saturated rings. The molecule has 1 aromatic heterocycles. The van der Waals surface area contributed by atoms with E-state index in [1.54, 1.807) is 6.92 Å². The molecule has 122 valence electrons. The largest absolute Gasteiger partial charge is 0.382 e. The molecule has 2 aromatic rings. The van der Waals surface area contributed by atoms with Crippen molar-refractivity contribution >= 4 is 23.4 Å². The third-order valence-electron chi connectivity index (χ3n) is 3.68. The van der Waals surface area contributed by atoms with Crippen molar-refractivity contribution in [2.75, 3.05) is 16.4 Å². The lowest BCUT2D eigenvalue weighted by atomic mass is 10.00. The average molecular weight is 313 g/mol. The van der Waals surface area contributed by atoms with E-state index >= 15 is 0 Å². The Bertz CT molecular complexity index is 704. The van der Waals surface area contributed by atoms with Crippen LogP contribution in [0.4, 0.5) is 17.5 Å². The van der Waals surface area contributed by atoms with Crippen LogP contribution in [-0.4, -0.2) is 15.9 Å². The summed E-state index contributed by atoms with van der Waals surface area (Å²) in [6.07, 6.45) is 1.90. The zero-order chi connectivity index (χ0) is 17.0. The first kappa shape index (κ1) is 16.7. The molecule has 0 atom stereocenters. The molecule has 6 nitrogen and oxygen atoms in total. The molecule has 1 heterocycles. The molecule has 0 unspecified atom stereocenters. The van der Waals surface area contributed by atoms with Crippen LogP contribution in [0.1, 0.15) is 35.6 Å². The normalized spacial score (nSPS) is 10.4. The van der Waals surface area contributed by atoms with Crippen molar-refractivity contribution < 1.29 is 4.79 Å². The lowest BCUT2D eigenvalue weighted by Gasteiger charge is -2.13. The summed E-state index contributed by atoms with van der Waals surface area (Å²) < 4.78 is 0. The molecule has 2 rings (SSSR count). The highest BCUT2D eigenvalue weighted by Gasteiger charge is 2.08. The van der Waals surface area contributed by atoms with Crippen LogP contribution in [0.2, 0.25) is 0 Å². The van der Waals surface area contributed by atoms with Gasteiger partial charge in [-0.1, -0.05) is 24.6 Å². The summed E-state index contributed by atoms with van der Waals surface area (Å²) >= 11 is 0. The molecule has 6 heteroatoms. The first-order chi connectivity index (χ1) is 10.9. The smallest absolute Gasteiger partial charge is 0.225 e. The fourth-order valence-electron chi connectivity index (χ4n) is 2.47. The van der Waals surface area contributed by atoms with Crippen LogP contribution in [0, 0.1) is 20.8 Å². The van der Waals surface area contributed by atoms with Gasteiger partial charge in [-0.25, -0.2) is 4.98 Å². The van der Waals surface area contributed by atoms with Crippen molar-refractivity contribution in [1.82, 2.24) is 9.97 Å². The van der Waals surface area contributed by atoms with Gasteiger partial charge in [0.2, 0.25) is 11.9 Å². The molecule has 0 aliphatic heterocycles. The van der Waals surface area contributed by atoms with Gasteiger partial charge in [-0.3, -0.25) is 4.79 Å². The summed E-state index contributed by atoms with van der Waals surface area (Å²) in [5.41, 5.74) is 11.2. The maximum atomic E-state index is 11.4. The Labute approximate surface area is 136 Å². The monoisotopic (exact) mass is 313 g/mol. The number of benzene rings is 1. The van der Waals surface area contributed by atoms with Crippen LogP contribution < -0.4 is 16.4 Å². The van der Waals surface area contributed by atoms with Gasteiger partial charge in [-0.05, 0) is 37.5 Å². The number of anilines is 3. The van der Waals surface area contributed by atoms with Crippen molar-refractivity contribution in [2.24, 2.45) is 0 Å². The Morgan fingerprint density at radius 3 is 2.43 bits per heavy atom. The van der Waals surface area contributed by atoms with E-state index in [2.05, 4.69) is 53.5 Å². The molecule has 0 saturated carbocycles. The Kier molecular flexibility index (Phi) is 5.16. The number of nitrogens with two attached hydrogens (primary N) is 1. The van der Waals surface area contributed by atoms with Crippen molar-refractivity contribution in [3.05, 3.63) is 40.6 Å². The van der Waals surface area contributed by atoms with Crippen LogP contribution in [0.3, 0.4) is 0 Å². The van der Waals surface area contributed by atoms with Crippen LogP contribution in [0.25, 0.3) is 0 Å². The van der Waals surface area contributed by atoms with Gasteiger partial charge in [-0.15, -0.1) is 0 Å². The Hall–Kier alpha value is -2.63. The zero-order valence-electron chi connectivity index (χ0n) is 14.0. The van der Waals surface area contributed by atoms with Gasteiger partial charge in [0, 0.05) is 13.0 Å². The second-order valence-corrected chi connectivity index (χ2v) is 5.63. The number of hydrogen-bond donors (Lipinski definition) is 3. The van der Waals surface area contributed by atoms with E-state index in [9.17, 15) is 4.79 Å². The number of carbonyl (C=O) groups excluding carboxylic acids is 1. The van der Waals surface area contributed by atoms with Gasteiger partial charge >= 0.3 is 0 Å². The second kappa shape index (κ2) is 7.09. The highest BCUT2D eigenvalue weighted by Crippen LogP contribution is 2.19. The SMILES string of the molecule is CCC(=O)Nc1cnc(NCc2c(C)cc(C)cc2C)nc1N. The van der Waals surface area contributed by atoms with Gasteiger partial charge in [0.05, 0.1) is 6.20 Å². The highest BCUT2D eigenvalue weighted by molar-refractivity contribution is 5.92. The number of nitrogen functional groups attached to an aromatic ring is 1. The quantitative estimate of drug-likeness (QED) is 0.789. The number of nitrogens with one attached hydrogen (secondary N) is 2. The third-order valence-corrected chi connectivity index (χ3v) is 3.68. The average Bonchev–Trinajstić information content (AvgIpc) is 2.48. The van der Waals surface area contributed by atoms with E-state index in [-0.39, 0.29) is 11.7 Å². The van der Waals surface area contributed by atoms with Crippen molar-refractivity contribution in [2.45, 2.75) is 40.7 Å². The van der Waals surface area contributed by atoms with E-state index in [1.807, 2.05) is 0 Å². The van der Waals surface area contributed by atoms with E-state index in [0.717, 1.165) is 0 Å². The van der Waals surface area contributed by atoms with Gasteiger partial charge in [-0.2, -0.15) is 4.98 Å². The first-order valence-corrected chi connectivity index (χ1v) is 7.63. The molecular weight excluding hydrogens is 290 g/mol. The predicted octanol–water partition coefficient (Wildman–Crippen LogP) is 2.94. The number of nitrogens with zero attached hydrogens (tertiary/aromatic N) is 2. The zero-order valence-corrected chi connectivity index (χ0v) is 14.0. The summed E-state index contributed by atoms with van der Waals surface area (Å²) in [5.74, 6) is 0.574. The minimum atomic E-state index is -0.119. The van der Waals surface area contributed by atoms with E-state index in [4.69, 9.17) is 5.73 Å². The maximum Gasteiger partial charge on any atom is 0.225 e. The standard InChI is InChI=1S/C17H23N5O/c1-5-15(23)21-14-9-20-17(22-16(14)18)19-8-13-11(3)6-10(2)7-12(13)4/h6-7,9H,5,8H2,1-4H3,(H,21,23)(H3,18,19,20,22). The third kappa shape index (κ3) is 4.18. The van der Waals surface area contributed by atoms with Gasteiger partial charge in [0.15, 0.2) is 5.82 Å². The number of aryl methyl sites for hydroxylation is 3. The van der Waals surface area contributed by atoms with Gasteiger partial charge < -0.3 is 16.4 Å². The summed E-state index contributed by atoms with van der Waals surface area (Å²) in [4.78, 5) is 19.8. The molecule has 23 heavy (non-hydrogen) atoms. The minimum absolute atomic E-state index is 0.119. The Morgan fingerprint density at radius 2 is 1.87 bits per heavy atom. The highest BCUT2D eigenvalue weighted by atomic mass is 16.1. The number of carbonyl (C=O) groups is 1. The molecular formula is C17H23N5O. The summed E-state index contributed by atoms with van der Waals surface area (Å²) in [6.45, 7) is 8.67. The van der Waals surface area contributed by atoms with Crippen molar-refractivity contribution in [3.63, 3.8) is 0 Å². The van der Waals surface area contributed by atoms with Gasteiger partial charge in [0.1, 0.15) is 5.69 Å². The van der Waals surface area contributed by atoms with Gasteiger partial charge in [0.25, 0.3) is 0 Å². The number of hydrogen-bond acceptors (Lipinski definition) is 5. The fraction of sp³-hybridized carbons (Fsp3) is 0.353. The van der Waals surface area contributed by atoms with E-state index < -0.39 is 0 Å². The second-order valence-electron chi connectivity index (χ2n) is 5.63. The fourth-order valence-corrected chi connectivity index (χ4v) is 2.47. The van der Waals surface area contributed by atoms with E-state index in [0.29, 0.717) is 24.6 Å². The van der Waals surface area contributed by atoms with Crippen molar-refractivity contribution in [1.29, 1.82) is 0 Å². The van der Waals surface area contributed by atoms with Crippen LogP contribution in [0.5, 0.6) is 0 Å². The van der Waals surface area contributed by atoms with Crippen LogP contribution >= 0.6 is 0 Å². The number of rotatable bonds is 5. The summed E-state index contributed by atoms with van der Waals surface area (Å²) in [6, 6.07) is 4.31. The Morgan fingerprint density at radius 1 is 1.22 bits per heavy atom. The molecule has 0 aliphatic rings. The molecule has 1 aromatic carbocycles. The molecule has 4 N–H and O–H groups in total. The summed E-state index contributed by atoms with van der Waals surface area (Å²) in [5, 5.41) is 5.85. The van der Waals surface area contributed by atoms with Crippen molar-refractivity contribution in [3.8, 4) is 0 Å². The molecule has 0 saturated heterocycles. The van der Waals surface area contributed by atoms with E-state index in [1.165, 1.54) is 28.5 Å². The predicted molar refractivity (Wildman–Crippen MR) is 93.3 cm³/mol. The maximum absolute atomic E-state index is 11.4. The van der Waals surface area contributed by atoms with Crippen LogP contribution in [-0.2, 0) is 11.3 Å². The first-order valence-electron chi connectivity index (χ1n) is 7.63. The lowest BCUT2D eigenvalue weighted by Crippen LogP contribution is -2.14. The number of amides is 1. The lowest BCUT2D eigenvalue weighted by molar-refractivity contribution is -0.115. The molecule has 0 radical (unpaired) electrons. The minimum Gasteiger partial charge on any atom is -0.382 e. The summed E-state index contributed by atoms with van der Waals surface area (Å²) in [7, 11) is 0. The molecule has 0 bridgehead atoms. The topological polar surface area (TPSA) is 92.9 Å².